The minimum Gasteiger partial charge on any atom is -0.491 e. The van der Waals surface area contributed by atoms with E-state index in [1.165, 1.54) is 0 Å². The van der Waals surface area contributed by atoms with Gasteiger partial charge in [0.25, 0.3) is 0 Å². The smallest absolute Gasteiger partial charge is 0.342 e. The molecule has 0 bridgehead atoms. The first-order valence-electron chi connectivity index (χ1n) is 6.79. The van der Waals surface area contributed by atoms with Crippen molar-refractivity contribution in [2.24, 2.45) is 0 Å². The van der Waals surface area contributed by atoms with Crippen molar-refractivity contribution in [1.82, 2.24) is 9.55 Å². The summed E-state index contributed by atoms with van der Waals surface area (Å²) in [4.78, 5) is 16.2. The average Bonchev–Trinajstić information content (AvgIpc) is 2.87. The van der Waals surface area contributed by atoms with Crippen LogP contribution in [0.4, 0.5) is 5.69 Å². The molecule has 0 saturated heterocycles. The number of carbonyl (C=O) groups is 1. The van der Waals surface area contributed by atoms with Gasteiger partial charge in [0.15, 0.2) is 5.75 Å². The van der Waals surface area contributed by atoms with Crippen molar-refractivity contribution in [1.29, 1.82) is 0 Å². The number of carbonyl (C=O) groups excluding carboxylic acids is 1. The number of imidazole rings is 1. The van der Waals surface area contributed by atoms with Gasteiger partial charge in [-0.05, 0) is 26.0 Å². The number of ether oxygens (including phenoxy) is 2. The lowest BCUT2D eigenvalue weighted by atomic mass is 10.2. The molecule has 112 valence electrons. The van der Waals surface area contributed by atoms with Crippen LogP contribution >= 0.6 is 0 Å². The summed E-state index contributed by atoms with van der Waals surface area (Å²) in [5.74, 6) is 0.817. The van der Waals surface area contributed by atoms with Gasteiger partial charge in [0, 0.05) is 12.4 Å². The molecule has 2 aromatic rings. The van der Waals surface area contributed by atoms with Crippen LogP contribution in [0.2, 0.25) is 0 Å². The molecule has 2 N–H and O–H groups in total. The highest BCUT2D eigenvalue weighted by Crippen LogP contribution is 2.26. The van der Waals surface area contributed by atoms with Gasteiger partial charge in [0.1, 0.15) is 18.0 Å². The number of hydrogen-bond acceptors (Lipinski definition) is 5. The Morgan fingerprint density at radius 2 is 2.24 bits per heavy atom. The molecule has 21 heavy (non-hydrogen) atoms. The summed E-state index contributed by atoms with van der Waals surface area (Å²) in [6.07, 6.45) is 3.55. The summed E-state index contributed by atoms with van der Waals surface area (Å²) in [6, 6.07) is 5.04. The topological polar surface area (TPSA) is 79.4 Å². The van der Waals surface area contributed by atoms with E-state index in [-0.39, 0.29) is 6.61 Å². The third-order valence-electron chi connectivity index (χ3n) is 3.04. The van der Waals surface area contributed by atoms with Crippen molar-refractivity contribution in [3.63, 3.8) is 0 Å². The fourth-order valence-corrected chi connectivity index (χ4v) is 1.98. The molecule has 2 rings (SSSR count). The van der Waals surface area contributed by atoms with Gasteiger partial charge in [-0.15, -0.1) is 0 Å². The molecule has 0 aliphatic heterocycles. The molecule has 0 amide bonds. The maximum atomic E-state index is 12.1. The van der Waals surface area contributed by atoms with Crippen molar-refractivity contribution < 1.29 is 14.3 Å². The SMILES string of the molecule is CCOc1c(N)cccc1C(=O)OCCn1ccnc1C. The highest BCUT2D eigenvalue weighted by molar-refractivity contribution is 5.94. The largest absolute Gasteiger partial charge is 0.491 e. The lowest BCUT2D eigenvalue weighted by Gasteiger charge is -2.12. The molecule has 0 aliphatic rings. The van der Waals surface area contributed by atoms with Crippen LogP contribution in [0, 0.1) is 6.92 Å². The van der Waals surface area contributed by atoms with Crippen LogP contribution in [-0.4, -0.2) is 28.7 Å². The Morgan fingerprint density at radius 1 is 1.43 bits per heavy atom. The van der Waals surface area contributed by atoms with Gasteiger partial charge in [-0.2, -0.15) is 0 Å². The second-order valence-corrected chi connectivity index (χ2v) is 4.46. The van der Waals surface area contributed by atoms with E-state index < -0.39 is 5.97 Å². The number of aryl methyl sites for hydroxylation is 1. The maximum Gasteiger partial charge on any atom is 0.342 e. The molecule has 0 unspecified atom stereocenters. The Balaban J connectivity index is 2.00. The van der Waals surface area contributed by atoms with Crippen LogP contribution < -0.4 is 10.5 Å². The summed E-state index contributed by atoms with van der Waals surface area (Å²) in [7, 11) is 0. The Labute approximate surface area is 123 Å². The first-order valence-corrected chi connectivity index (χ1v) is 6.79. The van der Waals surface area contributed by atoms with Crippen molar-refractivity contribution in [2.45, 2.75) is 20.4 Å². The van der Waals surface area contributed by atoms with E-state index >= 15 is 0 Å². The number of nitrogens with zero attached hydrogens (tertiary/aromatic N) is 2. The number of aromatic nitrogens is 2. The third kappa shape index (κ3) is 3.53. The maximum absolute atomic E-state index is 12.1. The molecule has 0 fully saturated rings. The van der Waals surface area contributed by atoms with E-state index in [2.05, 4.69) is 4.98 Å². The zero-order valence-electron chi connectivity index (χ0n) is 12.2. The number of nitrogen functional groups attached to an aromatic ring is 1. The zero-order valence-corrected chi connectivity index (χ0v) is 12.2. The van der Waals surface area contributed by atoms with Crippen LogP contribution in [0.3, 0.4) is 0 Å². The van der Waals surface area contributed by atoms with Gasteiger partial charge in [0.2, 0.25) is 0 Å². The summed E-state index contributed by atoms with van der Waals surface area (Å²) in [6.45, 7) is 4.99. The van der Waals surface area contributed by atoms with E-state index in [1.54, 1.807) is 24.4 Å². The molecule has 0 radical (unpaired) electrons. The van der Waals surface area contributed by atoms with Gasteiger partial charge >= 0.3 is 5.97 Å². The van der Waals surface area contributed by atoms with Crippen molar-refractivity contribution >= 4 is 11.7 Å². The first kappa shape index (κ1) is 14.9. The second-order valence-electron chi connectivity index (χ2n) is 4.46. The van der Waals surface area contributed by atoms with E-state index in [0.717, 1.165) is 5.82 Å². The highest BCUT2D eigenvalue weighted by Gasteiger charge is 2.16. The molecule has 6 heteroatoms. The quantitative estimate of drug-likeness (QED) is 0.650. The lowest BCUT2D eigenvalue weighted by molar-refractivity contribution is 0.0486. The number of hydrogen-bond donors (Lipinski definition) is 1. The van der Waals surface area contributed by atoms with Crippen molar-refractivity contribution in [3.05, 3.63) is 42.0 Å². The first-order chi connectivity index (χ1) is 10.1. The fourth-order valence-electron chi connectivity index (χ4n) is 1.98. The molecule has 0 aliphatic carbocycles. The molecule has 6 nitrogen and oxygen atoms in total. The van der Waals surface area contributed by atoms with Crippen LogP contribution in [0.1, 0.15) is 23.1 Å². The minimum atomic E-state index is -0.441. The van der Waals surface area contributed by atoms with Crippen LogP contribution in [0.15, 0.2) is 30.6 Å². The lowest BCUT2D eigenvalue weighted by Crippen LogP contribution is -2.13. The predicted molar refractivity (Wildman–Crippen MR) is 79.3 cm³/mol. The Hall–Kier alpha value is -2.50. The molecule has 1 aromatic heterocycles. The molecule has 1 aromatic carbocycles. The van der Waals surface area contributed by atoms with Gasteiger partial charge in [-0.1, -0.05) is 6.07 Å². The zero-order chi connectivity index (χ0) is 15.2. The number of esters is 1. The number of anilines is 1. The van der Waals surface area contributed by atoms with Crippen molar-refractivity contribution in [2.75, 3.05) is 18.9 Å². The van der Waals surface area contributed by atoms with Crippen LogP contribution in [0.5, 0.6) is 5.75 Å². The van der Waals surface area contributed by atoms with Gasteiger partial charge in [0.05, 0.1) is 18.8 Å². The summed E-state index contributed by atoms with van der Waals surface area (Å²) >= 11 is 0. The molecule has 1 heterocycles. The standard InChI is InChI=1S/C15H19N3O3/c1-3-20-14-12(5-4-6-13(14)16)15(19)21-10-9-18-8-7-17-11(18)2/h4-8H,3,9-10,16H2,1-2H3. The molecule has 0 saturated carbocycles. The van der Waals surface area contributed by atoms with Crippen molar-refractivity contribution in [3.8, 4) is 5.75 Å². The average molecular weight is 289 g/mol. The Morgan fingerprint density at radius 3 is 2.90 bits per heavy atom. The number of rotatable bonds is 6. The Bertz CT molecular complexity index is 622. The van der Waals surface area contributed by atoms with E-state index in [0.29, 0.717) is 30.2 Å². The van der Waals surface area contributed by atoms with Crippen LogP contribution in [-0.2, 0) is 11.3 Å². The number of benzene rings is 1. The fraction of sp³-hybridized carbons (Fsp3) is 0.333. The summed E-state index contributed by atoms with van der Waals surface area (Å²) < 4.78 is 12.6. The normalized spacial score (nSPS) is 10.4. The highest BCUT2D eigenvalue weighted by atomic mass is 16.5. The number of para-hydroxylation sites is 1. The number of nitrogens with two attached hydrogens (primary N) is 1. The summed E-state index contributed by atoms with van der Waals surface area (Å²) in [5, 5.41) is 0. The van der Waals surface area contributed by atoms with Crippen LogP contribution in [0.25, 0.3) is 0 Å². The third-order valence-corrected chi connectivity index (χ3v) is 3.04. The molecular weight excluding hydrogens is 270 g/mol. The molecule has 0 atom stereocenters. The molecule has 0 spiro atoms. The van der Waals surface area contributed by atoms with E-state index in [1.807, 2.05) is 24.6 Å². The minimum absolute atomic E-state index is 0.260. The van der Waals surface area contributed by atoms with Gasteiger partial charge in [-0.3, -0.25) is 0 Å². The second kappa shape index (κ2) is 6.78. The van der Waals surface area contributed by atoms with E-state index in [9.17, 15) is 4.79 Å². The molecular formula is C15H19N3O3. The Kier molecular flexibility index (Phi) is 4.81. The monoisotopic (exact) mass is 289 g/mol. The predicted octanol–water partition coefficient (Wildman–Crippen LogP) is 2.03. The van der Waals surface area contributed by atoms with Gasteiger partial charge < -0.3 is 19.8 Å². The van der Waals surface area contributed by atoms with Gasteiger partial charge in [-0.25, -0.2) is 9.78 Å². The van der Waals surface area contributed by atoms with E-state index in [4.69, 9.17) is 15.2 Å². The summed E-state index contributed by atoms with van der Waals surface area (Å²) in [5.41, 5.74) is 6.60.